The van der Waals surface area contributed by atoms with E-state index in [-0.39, 0.29) is 24.7 Å². The number of rotatable bonds is 7. The van der Waals surface area contributed by atoms with Crippen LogP contribution in [-0.2, 0) is 20.7 Å². The summed E-state index contributed by atoms with van der Waals surface area (Å²) in [5.74, 6) is -0.705. The van der Waals surface area contributed by atoms with E-state index in [1.165, 1.54) is 16.9 Å². The maximum absolute atomic E-state index is 12.7. The van der Waals surface area contributed by atoms with Gasteiger partial charge in [0.1, 0.15) is 0 Å². The minimum atomic E-state index is -0.518. The van der Waals surface area contributed by atoms with E-state index in [9.17, 15) is 14.4 Å². The van der Waals surface area contributed by atoms with Gasteiger partial charge < -0.3 is 9.30 Å². The molecule has 0 unspecified atom stereocenters. The molecule has 1 aromatic carbocycles. The number of carbonyl (C=O) groups is 3. The number of Topliss-reactive ketones (excluding diaryl/α,β-unsaturated/α-hetero) is 1. The zero-order valence-corrected chi connectivity index (χ0v) is 19.2. The standard InChI is InChI=1S/C24H25N3O4S/c1-15-6-8-19(9-7-15)27-16(2)11-20(17(27)3)21(28)13-31-23(30)12-18-14-32-24(25-18)26-10-4-5-22(26)29/h6-9,11,14H,4-5,10,12-13H2,1-3H3. The molecule has 166 valence electrons. The molecule has 4 rings (SSSR count). The molecule has 1 fully saturated rings. The highest BCUT2D eigenvalue weighted by molar-refractivity contribution is 7.14. The number of aryl methyl sites for hydroxylation is 2. The lowest BCUT2D eigenvalue weighted by molar-refractivity contribution is -0.141. The molecule has 32 heavy (non-hydrogen) atoms. The van der Waals surface area contributed by atoms with Crippen LogP contribution in [0.4, 0.5) is 5.13 Å². The van der Waals surface area contributed by atoms with E-state index < -0.39 is 5.97 Å². The van der Waals surface area contributed by atoms with Gasteiger partial charge in [0.05, 0.1) is 12.1 Å². The Hall–Kier alpha value is -3.26. The summed E-state index contributed by atoms with van der Waals surface area (Å²) in [6.45, 7) is 6.20. The van der Waals surface area contributed by atoms with Crippen molar-refractivity contribution in [2.24, 2.45) is 0 Å². The summed E-state index contributed by atoms with van der Waals surface area (Å²) in [7, 11) is 0. The highest BCUT2D eigenvalue weighted by Crippen LogP contribution is 2.26. The number of ether oxygens (including phenoxy) is 1. The summed E-state index contributed by atoms with van der Waals surface area (Å²) in [6.07, 6.45) is 1.32. The summed E-state index contributed by atoms with van der Waals surface area (Å²) >= 11 is 1.34. The third-order valence-corrected chi connectivity index (χ3v) is 6.47. The molecule has 0 N–H and O–H groups in total. The molecule has 0 spiro atoms. The molecule has 0 atom stereocenters. The first-order valence-electron chi connectivity index (χ1n) is 10.5. The number of benzene rings is 1. The fourth-order valence-electron chi connectivity index (χ4n) is 3.91. The van der Waals surface area contributed by atoms with Gasteiger partial charge in [-0.05, 0) is 45.4 Å². The van der Waals surface area contributed by atoms with Crippen molar-refractivity contribution in [3.05, 3.63) is 63.9 Å². The van der Waals surface area contributed by atoms with Gasteiger partial charge in [-0.2, -0.15) is 0 Å². The predicted molar refractivity (Wildman–Crippen MR) is 123 cm³/mol. The maximum Gasteiger partial charge on any atom is 0.312 e. The normalized spacial score (nSPS) is 13.6. The van der Waals surface area contributed by atoms with Gasteiger partial charge in [0.15, 0.2) is 11.7 Å². The monoisotopic (exact) mass is 451 g/mol. The molecule has 7 nitrogen and oxygen atoms in total. The molecule has 0 aliphatic carbocycles. The summed E-state index contributed by atoms with van der Waals surface area (Å²) < 4.78 is 7.25. The zero-order valence-electron chi connectivity index (χ0n) is 18.4. The molecular formula is C24H25N3O4S. The SMILES string of the molecule is Cc1ccc(-n2c(C)cc(C(=O)COC(=O)Cc3csc(N4CCCC4=O)n3)c2C)cc1. The van der Waals surface area contributed by atoms with E-state index >= 15 is 0 Å². The van der Waals surface area contributed by atoms with Crippen LogP contribution in [0.5, 0.6) is 0 Å². The average molecular weight is 452 g/mol. The van der Waals surface area contributed by atoms with E-state index in [1.54, 1.807) is 10.3 Å². The van der Waals surface area contributed by atoms with Crippen LogP contribution in [0, 0.1) is 20.8 Å². The highest BCUT2D eigenvalue weighted by Gasteiger charge is 2.25. The van der Waals surface area contributed by atoms with Gasteiger partial charge in [-0.15, -0.1) is 11.3 Å². The number of esters is 1. The molecule has 3 heterocycles. The number of anilines is 1. The Labute approximate surface area is 190 Å². The molecule has 8 heteroatoms. The Morgan fingerprint density at radius 2 is 1.91 bits per heavy atom. The highest BCUT2D eigenvalue weighted by atomic mass is 32.1. The molecule has 3 aromatic rings. The van der Waals surface area contributed by atoms with Gasteiger partial charge in [-0.3, -0.25) is 19.3 Å². The van der Waals surface area contributed by atoms with Crippen molar-refractivity contribution in [3.63, 3.8) is 0 Å². The predicted octanol–water partition coefficient (Wildman–Crippen LogP) is 3.95. The van der Waals surface area contributed by atoms with Crippen molar-refractivity contribution < 1.29 is 19.1 Å². The largest absolute Gasteiger partial charge is 0.457 e. The first-order valence-corrected chi connectivity index (χ1v) is 11.4. The van der Waals surface area contributed by atoms with Crippen LogP contribution in [0.25, 0.3) is 5.69 Å². The summed E-state index contributed by atoms with van der Waals surface area (Å²) in [6, 6.07) is 9.91. The van der Waals surface area contributed by atoms with Crippen LogP contribution in [-0.4, -0.2) is 40.4 Å². The van der Waals surface area contributed by atoms with Gasteiger partial charge >= 0.3 is 5.97 Å². The Balaban J connectivity index is 1.37. The second kappa shape index (κ2) is 9.08. The number of ketones is 1. The fourth-order valence-corrected chi connectivity index (χ4v) is 4.78. The molecule has 1 aliphatic rings. The third kappa shape index (κ3) is 4.50. The van der Waals surface area contributed by atoms with Gasteiger partial charge in [0.2, 0.25) is 11.7 Å². The molecule has 1 saturated heterocycles. The average Bonchev–Trinajstić information content (AvgIpc) is 3.46. The number of nitrogens with zero attached hydrogens (tertiary/aromatic N) is 3. The van der Waals surface area contributed by atoms with Crippen molar-refractivity contribution in [2.45, 2.75) is 40.0 Å². The van der Waals surface area contributed by atoms with Gasteiger partial charge in [-0.25, -0.2) is 4.98 Å². The van der Waals surface area contributed by atoms with Gasteiger partial charge in [0, 0.05) is 41.0 Å². The second-order valence-electron chi connectivity index (χ2n) is 7.99. The quantitative estimate of drug-likeness (QED) is 0.401. The van der Waals surface area contributed by atoms with E-state index in [4.69, 9.17) is 4.74 Å². The van der Waals surface area contributed by atoms with Gasteiger partial charge in [0.25, 0.3) is 0 Å². The lowest BCUT2D eigenvalue weighted by Gasteiger charge is -2.10. The van der Waals surface area contributed by atoms with Crippen LogP contribution in [0.2, 0.25) is 0 Å². The fraction of sp³-hybridized carbons (Fsp3) is 0.333. The summed E-state index contributed by atoms with van der Waals surface area (Å²) in [5, 5.41) is 2.36. The molecule has 0 radical (unpaired) electrons. The maximum atomic E-state index is 12.7. The first-order chi connectivity index (χ1) is 15.3. The van der Waals surface area contributed by atoms with E-state index in [1.807, 2.05) is 55.7 Å². The molecule has 1 aliphatic heterocycles. The van der Waals surface area contributed by atoms with Crippen molar-refractivity contribution >= 4 is 34.1 Å². The minimum Gasteiger partial charge on any atom is -0.457 e. The van der Waals surface area contributed by atoms with Crippen molar-refractivity contribution in [3.8, 4) is 5.69 Å². The Kier molecular flexibility index (Phi) is 6.23. The lowest BCUT2D eigenvalue weighted by atomic mass is 10.1. The van der Waals surface area contributed by atoms with Crippen LogP contribution in [0.1, 0.15) is 45.8 Å². The zero-order chi connectivity index (χ0) is 22.8. The van der Waals surface area contributed by atoms with Crippen molar-refractivity contribution in [1.82, 2.24) is 9.55 Å². The van der Waals surface area contributed by atoms with Gasteiger partial charge in [-0.1, -0.05) is 17.7 Å². The van der Waals surface area contributed by atoms with E-state index in [0.29, 0.717) is 29.4 Å². The molecule has 0 bridgehead atoms. The van der Waals surface area contributed by atoms with Crippen LogP contribution >= 0.6 is 11.3 Å². The van der Waals surface area contributed by atoms with Crippen molar-refractivity contribution in [2.75, 3.05) is 18.1 Å². The summed E-state index contributed by atoms with van der Waals surface area (Å²) in [5.41, 5.74) is 4.98. The topological polar surface area (TPSA) is 81.5 Å². The Morgan fingerprint density at radius 3 is 2.59 bits per heavy atom. The number of aromatic nitrogens is 2. The number of hydrogen-bond donors (Lipinski definition) is 0. The van der Waals surface area contributed by atoms with Crippen LogP contribution in [0.15, 0.2) is 35.7 Å². The number of thiazole rings is 1. The molecule has 1 amide bonds. The first kappa shape index (κ1) is 22.0. The van der Waals surface area contributed by atoms with Crippen LogP contribution in [0.3, 0.4) is 0 Å². The Bertz CT molecular complexity index is 1180. The lowest BCUT2D eigenvalue weighted by Crippen LogP contribution is -2.23. The number of carbonyl (C=O) groups excluding carboxylic acids is 3. The minimum absolute atomic E-state index is 0.0335. The smallest absolute Gasteiger partial charge is 0.312 e. The van der Waals surface area contributed by atoms with Crippen molar-refractivity contribution in [1.29, 1.82) is 0 Å². The number of amides is 1. The number of hydrogen-bond acceptors (Lipinski definition) is 6. The molecular weight excluding hydrogens is 426 g/mol. The van der Waals surface area contributed by atoms with Crippen LogP contribution < -0.4 is 4.90 Å². The second-order valence-corrected chi connectivity index (χ2v) is 8.82. The third-order valence-electron chi connectivity index (χ3n) is 5.56. The van der Waals surface area contributed by atoms with E-state index in [0.717, 1.165) is 23.5 Å². The molecule has 2 aromatic heterocycles. The summed E-state index contributed by atoms with van der Waals surface area (Å²) in [4.78, 5) is 42.9. The van der Waals surface area contributed by atoms with E-state index in [2.05, 4.69) is 4.98 Å². The Morgan fingerprint density at radius 1 is 1.16 bits per heavy atom. The molecule has 0 saturated carbocycles.